The van der Waals surface area contributed by atoms with Gasteiger partial charge in [0.2, 0.25) is 5.82 Å². The zero-order valence-electron chi connectivity index (χ0n) is 11.2. The monoisotopic (exact) mass is 307 g/mol. The summed E-state index contributed by atoms with van der Waals surface area (Å²) in [7, 11) is 1.18. The molecule has 0 amide bonds. The number of aromatic nitrogens is 2. The van der Waals surface area contributed by atoms with E-state index in [2.05, 4.69) is 15.0 Å². The highest BCUT2D eigenvalue weighted by Crippen LogP contribution is 2.25. The van der Waals surface area contributed by atoms with Gasteiger partial charge in [0.25, 0.3) is 11.4 Å². The minimum atomic E-state index is -1.36. The van der Waals surface area contributed by atoms with E-state index in [4.69, 9.17) is 9.84 Å². The highest BCUT2D eigenvalue weighted by molar-refractivity contribution is 6.43. The smallest absolute Gasteiger partial charge is 0.358 e. The second-order valence-corrected chi connectivity index (χ2v) is 3.88. The van der Waals surface area contributed by atoms with Crippen molar-refractivity contribution >= 4 is 11.7 Å². The summed E-state index contributed by atoms with van der Waals surface area (Å²) < 4.78 is 18.8. The topological polar surface area (TPSA) is 114 Å². The fourth-order valence-corrected chi connectivity index (χ4v) is 1.59. The molecule has 114 valence electrons. The third-order valence-electron chi connectivity index (χ3n) is 2.50. The molecule has 2 aromatic rings. The molecule has 1 aromatic carbocycles. The van der Waals surface area contributed by atoms with Gasteiger partial charge in [0.1, 0.15) is 12.9 Å². The van der Waals surface area contributed by atoms with Crippen LogP contribution in [0.3, 0.4) is 0 Å². The standard InChI is InChI=1S/C13H10FN3O5/c1-21-17-10(13(19)20)7-4-2-3-5-8(7)22-12-9(14)11(18)15-6-16-12/h2-6H,1H3,(H,19,20)(H,15,16,18)/b17-10+. The zero-order valence-corrected chi connectivity index (χ0v) is 11.2. The van der Waals surface area contributed by atoms with Crippen molar-refractivity contribution in [3.8, 4) is 11.6 Å². The lowest BCUT2D eigenvalue weighted by molar-refractivity contribution is -0.129. The molecule has 0 atom stereocenters. The minimum Gasteiger partial charge on any atom is -0.476 e. The second kappa shape index (κ2) is 6.48. The summed E-state index contributed by atoms with van der Waals surface area (Å²) in [4.78, 5) is 32.4. The van der Waals surface area contributed by atoms with Gasteiger partial charge in [-0.15, -0.1) is 0 Å². The van der Waals surface area contributed by atoms with E-state index < -0.39 is 28.9 Å². The highest BCUT2D eigenvalue weighted by atomic mass is 19.1. The fourth-order valence-electron chi connectivity index (χ4n) is 1.59. The number of benzene rings is 1. The van der Waals surface area contributed by atoms with Crippen LogP contribution in [0.2, 0.25) is 0 Å². The van der Waals surface area contributed by atoms with Gasteiger partial charge < -0.3 is 19.7 Å². The second-order valence-electron chi connectivity index (χ2n) is 3.88. The number of hydrogen-bond acceptors (Lipinski definition) is 6. The molecule has 9 heteroatoms. The lowest BCUT2D eigenvalue weighted by atomic mass is 10.1. The first-order valence-electron chi connectivity index (χ1n) is 5.89. The third kappa shape index (κ3) is 3.08. The van der Waals surface area contributed by atoms with Crippen molar-refractivity contribution in [2.75, 3.05) is 7.11 Å². The number of aromatic amines is 1. The van der Waals surface area contributed by atoms with E-state index in [9.17, 15) is 14.0 Å². The van der Waals surface area contributed by atoms with Crippen molar-refractivity contribution in [3.63, 3.8) is 0 Å². The van der Waals surface area contributed by atoms with Gasteiger partial charge in [-0.25, -0.2) is 9.78 Å². The minimum absolute atomic E-state index is 0.0401. The predicted molar refractivity (Wildman–Crippen MR) is 72.5 cm³/mol. The Hall–Kier alpha value is -3.23. The number of halogens is 1. The van der Waals surface area contributed by atoms with Crippen LogP contribution in [0.15, 0.2) is 40.5 Å². The predicted octanol–water partition coefficient (Wildman–Crippen LogP) is 1.14. The maximum absolute atomic E-state index is 13.6. The van der Waals surface area contributed by atoms with Crippen molar-refractivity contribution in [2.45, 2.75) is 0 Å². The summed E-state index contributed by atoms with van der Waals surface area (Å²) in [5.41, 5.74) is -1.41. The SMILES string of the molecule is CO/N=C(/C(=O)O)c1ccccc1Oc1nc[nH]c(=O)c1F. The maximum atomic E-state index is 13.6. The Labute approximate surface area is 122 Å². The Kier molecular flexibility index (Phi) is 4.47. The van der Waals surface area contributed by atoms with Crippen LogP contribution in [0.4, 0.5) is 4.39 Å². The lowest BCUT2D eigenvalue weighted by Gasteiger charge is -2.09. The average Bonchev–Trinajstić information content (AvgIpc) is 2.50. The van der Waals surface area contributed by atoms with Crippen molar-refractivity contribution in [3.05, 3.63) is 52.3 Å². The van der Waals surface area contributed by atoms with Gasteiger partial charge in [0, 0.05) is 0 Å². The Balaban J connectivity index is 2.49. The molecule has 1 heterocycles. The number of carbonyl (C=O) groups is 1. The molecule has 0 aliphatic rings. The molecule has 2 rings (SSSR count). The number of carboxylic acids is 1. The van der Waals surface area contributed by atoms with Crippen LogP contribution in [-0.2, 0) is 9.63 Å². The number of nitrogens with zero attached hydrogens (tertiary/aromatic N) is 2. The fraction of sp³-hybridized carbons (Fsp3) is 0.0769. The van der Waals surface area contributed by atoms with Gasteiger partial charge in [-0.05, 0) is 12.1 Å². The van der Waals surface area contributed by atoms with E-state index in [0.29, 0.717) is 0 Å². The quantitative estimate of drug-likeness (QED) is 0.632. The van der Waals surface area contributed by atoms with E-state index in [-0.39, 0.29) is 11.3 Å². The number of nitrogens with one attached hydrogen (secondary N) is 1. The van der Waals surface area contributed by atoms with E-state index in [1.54, 1.807) is 0 Å². The molecule has 0 spiro atoms. The number of hydrogen-bond donors (Lipinski definition) is 2. The number of carboxylic acid groups (broad SMARTS) is 1. The van der Waals surface area contributed by atoms with Crippen molar-refractivity contribution in [1.82, 2.24) is 9.97 Å². The van der Waals surface area contributed by atoms with E-state index >= 15 is 0 Å². The Morgan fingerprint density at radius 1 is 1.41 bits per heavy atom. The summed E-state index contributed by atoms with van der Waals surface area (Å²) in [6.45, 7) is 0. The van der Waals surface area contributed by atoms with Gasteiger partial charge >= 0.3 is 5.97 Å². The molecule has 8 nitrogen and oxygen atoms in total. The largest absolute Gasteiger partial charge is 0.476 e. The maximum Gasteiger partial charge on any atom is 0.358 e. The average molecular weight is 307 g/mol. The van der Waals surface area contributed by atoms with Crippen LogP contribution in [0, 0.1) is 5.82 Å². The summed E-state index contributed by atoms with van der Waals surface area (Å²) in [6, 6.07) is 5.85. The molecule has 0 bridgehead atoms. The first-order chi connectivity index (χ1) is 10.5. The molecule has 0 aliphatic carbocycles. The molecule has 0 unspecified atom stereocenters. The van der Waals surface area contributed by atoms with Crippen molar-refractivity contribution < 1.29 is 23.9 Å². The summed E-state index contributed by atoms with van der Waals surface area (Å²) in [5.74, 6) is -3.22. The van der Waals surface area contributed by atoms with Gasteiger partial charge in [0.15, 0.2) is 5.71 Å². The van der Waals surface area contributed by atoms with Crippen molar-refractivity contribution in [1.29, 1.82) is 0 Å². The molecular formula is C13H10FN3O5. The zero-order chi connectivity index (χ0) is 16.1. The molecule has 0 radical (unpaired) electrons. The Morgan fingerprint density at radius 2 is 2.14 bits per heavy atom. The summed E-state index contributed by atoms with van der Waals surface area (Å²) in [5, 5.41) is 12.5. The molecule has 22 heavy (non-hydrogen) atoms. The molecule has 1 aromatic heterocycles. The lowest BCUT2D eigenvalue weighted by Crippen LogP contribution is -2.17. The number of rotatable bonds is 5. The van der Waals surface area contributed by atoms with E-state index in [1.165, 1.54) is 31.4 Å². The van der Waals surface area contributed by atoms with Crippen LogP contribution in [0.5, 0.6) is 11.6 Å². The van der Waals surface area contributed by atoms with Crippen LogP contribution >= 0.6 is 0 Å². The molecule has 0 saturated carbocycles. The number of aliphatic carboxylic acids is 1. The summed E-state index contributed by atoms with van der Waals surface area (Å²) in [6.07, 6.45) is 0.963. The first kappa shape index (κ1) is 15.2. The van der Waals surface area contributed by atoms with Crippen LogP contribution in [0.25, 0.3) is 0 Å². The molecule has 0 saturated heterocycles. The van der Waals surface area contributed by atoms with Crippen LogP contribution in [0.1, 0.15) is 5.56 Å². The number of oxime groups is 1. The van der Waals surface area contributed by atoms with Gasteiger partial charge in [-0.3, -0.25) is 4.79 Å². The van der Waals surface area contributed by atoms with E-state index in [1.807, 2.05) is 4.98 Å². The molecule has 0 fully saturated rings. The number of para-hydroxylation sites is 1. The Bertz CT molecular complexity index is 787. The normalized spacial score (nSPS) is 11.1. The molecule has 0 aliphatic heterocycles. The van der Waals surface area contributed by atoms with Gasteiger partial charge in [-0.1, -0.05) is 17.3 Å². The van der Waals surface area contributed by atoms with Crippen LogP contribution < -0.4 is 10.3 Å². The van der Waals surface area contributed by atoms with E-state index in [0.717, 1.165) is 6.33 Å². The highest BCUT2D eigenvalue weighted by Gasteiger charge is 2.20. The summed E-state index contributed by atoms with van der Waals surface area (Å²) >= 11 is 0. The Morgan fingerprint density at radius 3 is 2.82 bits per heavy atom. The third-order valence-corrected chi connectivity index (χ3v) is 2.50. The van der Waals surface area contributed by atoms with Crippen LogP contribution in [-0.4, -0.2) is 33.9 Å². The van der Waals surface area contributed by atoms with Gasteiger partial charge in [0.05, 0.1) is 11.9 Å². The molecule has 2 N–H and O–H groups in total. The first-order valence-corrected chi connectivity index (χ1v) is 5.89. The van der Waals surface area contributed by atoms with Crippen molar-refractivity contribution in [2.24, 2.45) is 5.16 Å². The molecular weight excluding hydrogens is 297 g/mol. The number of H-pyrrole nitrogens is 1. The number of ether oxygens (including phenoxy) is 1. The van der Waals surface area contributed by atoms with Gasteiger partial charge in [-0.2, -0.15) is 4.39 Å².